The smallest absolute Gasteiger partial charge is 0.175 e. The quantitative estimate of drug-likeness (QED) is 0.500. The highest BCUT2D eigenvalue weighted by atomic mass is 35.5. The van der Waals surface area contributed by atoms with Crippen molar-refractivity contribution in [3.05, 3.63) is 12.2 Å². The third-order valence-corrected chi connectivity index (χ3v) is 5.59. The first-order valence-electron chi connectivity index (χ1n) is 6.61. The van der Waals surface area contributed by atoms with Crippen molar-refractivity contribution in [2.24, 2.45) is 10.8 Å². The fourth-order valence-electron chi connectivity index (χ4n) is 2.99. The van der Waals surface area contributed by atoms with Gasteiger partial charge in [-0.2, -0.15) is 0 Å². The highest BCUT2D eigenvalue weighted by Crippen LogP contribution is 2.58. The summed E-state index contributed by atoms with van der Waals surface area (Å²) in [7, 11) is 0. The number of ketones is 1. The second-order valence-corrected chi connectivity index (χ2v) is 8.52. The lowest BCUT2D eigenvalue weighted by atomic mass is 9.69. The number of carbonyl (C=O) groups excluding carboxylic acids is 1. The Morgan fingerprint density at radius 3 is 1.53 bits per heavy atom. The predicted molar refractivity (Wildman–Crippen MR) is 78.9 cm³/mol. The Labute approximate surface area is 125 Å². The number of fused-ring (bicyclic) bond motifs is 2. The van der Waals surface area contributed by atoms with Gasteiger partial charge in [0.25, 0.3) is 0 Å². The number of halogens is 2. The van der Waals surface area contributed by atoms with E-state index in [-0.39, 0.29) is 16.6 Å². The molecule has 4 unspecified atom stereocenters. The zero-order valence-electron chi connectivity index (χ0n) is 12.4. The zero-order chi connectivity index (χ0) is 14.9. The lowest BCUT2D eigenvalue weighted by molar-refractivity contribution is -0.199. The summed E-state index contributed by atoms with van der Waals surface area (Å²) in [5.74, 6) is -0.135. The Morgan fingerprint density at radius 2 is 1.26 bits per heavy atom. The molecule has 2 nitrogen and oxygen atoms in total. The minimum Gasteiger partial charge on any atom is -0.355 e. The topological polar surface area (TPSA) is 26.3 Å². The van der Waals surface area contributed by atoms with Gasteiger partial charge >= 0.3 is 0 Å². The second kappa shape index (κ2) is 3.99. The summed E-state index contributed by atoms with van der Waals surface area (Å²) >= 11 is 12.8. The summed E-state index contributed by atoms with van der Waals surface area (Å²) in [6.07, 6.45) is 3.91. The SMILES string of the molecule is CC(C)(C)C12C=CC(C(C)(C)C)(O1)C(Cl)C(=O)C2Cl. The van der Waals surface area contributed by atoms with Crippen LogP contribution in [0.3, 0.4) is 0 Å². The van der Waals surface area contributed by atoms with Crippen LogP contribution < -0.4 is 0 Å². The fraction of sp³-hybridized carbons (Fsp3) is 0.800. The van der Waals surface area contributed by atoms with E-state index in [0.29, 0.717) is 0 Å². The summed E-state index contributed by atoms with van der Waals surface area (Å²) in [4.78, 5) is 12.5. The fourth-order valence-corrected chi connectivity index (χ4v) is 4.19. The second-order valence-electron chi connectivity index (χ2n) is 7.65. The molecule has 0 aromatic carbocycles. The van der Waals surface area contributed by atoms with Gasteiger partial charge in [-0.1, -0.05) is 53.7 Å². The molecule has 0 amide bonds. The minimum absolute atomic E-state index is 0.135. The van der Waals surface area contributed by atoms with Gasteiger partial charge < -0.3 is 4.74 Å². The third-order valence-electron chi connectivity index (χ3n) is 4.51. The standard InChI is InChI=1S/C15H22Cl2O2/c1-12(2,3)14-7-8-15(19-14,13(4,5)6)11(17)9(18)10(14)16/h7-8,10-11H,1-6H3. The number of hydrogen-bond acceptors (Lipinski definition) is 2. The van der Waals surface area contributed by atoms with Gasteiger partial charge in [0.1, 0.15) is 22.0 Å². The van der Waals surface area contributed by atoms with E-state index in [1.165, 1.54) is 0 Å². The lowest BCUT2D eigenvalue weighted by Crippen LogP contribution is -2.67. The van der Waals surface area contributed by atoms with Crippen LogP contribution >= 0.6 is 23.2 Å². The van der Waals surface area contributed by atoms with Crippen molar-refractivity contribution in [1.29, 1.82) is 0 Å². The Hall–Kier alpha value is -0.0500. The van der Waals surface area contributed by atoms with Gasteiger partial charge in [0.15, 0.2) is 5.78 Å². The summed E-state index contributed by atoms with van der Waals surface area (Å²) in [5, 5.41) is -1.49. The van der Waals surface area contributed by atoms with E-state index in [1.807, 2.05) is 53.7 Å². The van der Waals surface area contributed by atoms with Crippen molar-refractivity contribution in [1.82, 2.24) is 0 Å². The highest BCUT2D eigenvalue weighted by Gasteiger charge is 2.68. The number of ether oxygens (including phenoxy) is 1. The van der Waals surface area contributed by atoms with Crippen molar-refractivity contribution in [2.45, 2.75) is 63.5 Å². The molecule has 0 aromatic rings. The summed E-state index contributed by atoms with van der Waals surface area (Å²) < 4.78 is 6.40. The van der Waals surface area contributed by atoms with Gasteiger partial charge in [0, 0.05) is 0 Å². The van der Waals surface area contributed by atoms with E-state index >= 15 is 0 Å². The van der Waals surface area contributed by atoms with Crippen LogP contribution in [-0.2, 0) is 9.53 Å². The highest BCUT2D eigenvalue weighted by molar-refractivity contribution is 6.42. The largest absolute Gasteiger partial charge is 0.355 e. The van der Waals surface area contributed by atoms with Gasteiger partial charge in [0.05, 0.1) is 0 Å². The third kappa shape index (κ3) is 1.76. The summed E-state index contributed by atoms with van der Waals surface area (Å²) in [6.45, 7) is 12.2. The van der Waals surface area contributed by atoms with Crippen molar-refractivity contribution in [3.8, 4) is 0 Å². The van der Waals surface area contributed by atoms with Crippen LogP contribution in [0.1, 0.15) is 41.5 Å². The average molecular weight is 305 g/mol. The molecule has 0 radical (unpaired) electrons. The molecule has 1 fully saturated rings. The molecular weight excluding hydrogens is 283 g/mol. The van der Waals surface area contributed by atoms with E-state index in [4.69, 9.17) is 27.9 Å². The van der Waals surface area contributed by atoms with E-state index < -0.39 is 22.0 Å². The van der Waals surface area contributed by atoms with Gasteiger partial charge in [-0.05, 0) is 10.8 Å². The van der Waals surface area contributed by atoms with E-state index in [0.717, 1.165) is 0 Å². The number of alkyl halides is 2. The average Bonchev–Trinajstić information content (AvgIpc) is 2.63. The first-order valence-corrected chi connectivity index (χ1v) is 7.49. The zero-order valence-corrected chi connectivity index (χ0v) is 13.9. The normalized spacial score (nSPS) is 42.8. The molecule has 0 saturated carbocycles. The summed E-state index contributed by atoms with van der Waals surface area (Å²) in [6, 6.07) is 0. The molecular formula is C15H22Cl2O2. The predicted octanol–water partition coefficient (Wildman–Crippen LogP) is 3.94. The molecule has 2 bridgehead atoms. The Kier molecular flexibility index (Phi) is 3.22. The van der Waals surface area contributed by atoms with Crippen molar-refractivity contribution >= 4 is 29.0 Å². The molecule has 4 atom stereocenters. The summed E-state index contributed by atoms with van der Waals surface area (Å²) in [5.41, 5.74) is -2.14. The van der Waals surface area contributed by atoms with Crippen LogP contribution in [0.5, 0.6) is 0 Å². The van der Waals surface area contributed by atoms with Crippen LogP contribution in [0.15, 0.2) is 12.2 Å². The minimum atomic E-state index is -0.787. The molecule has 2 heterocycles. The molecule has 0 aliphatic carbocycles. The molecule has 2 aliphatic rings. The molecule has 1 saturated heterocycles. The van der Waals surface area contributed by atoms with Gasteiger partial charge in [-0.3, -0.25) is 4.79 Å². The van der Waals surface area contributed by atoms with Crippen molar-refractivity contribution in [2.75, 3.05) is 0 Å². The van der Waals surface area contributed by atoms with Crippen LogP contribution in [-0.4, -0.2) is 27.7 Å². The van der Waals surface area contributed by atoms with Crippen molar-refractivity contribution in [3.63, 3.8) is 0 Å². The Morgan fingerprint density at radius 1 is 0.947 bits per heavy atom. The lowest BCUT2D eigenvalue weighted by Gasteiger charge is -2.54. The first kappa shape index (κ1) is 15.3. The number of hydrogen-bond donors (Lipinski definition) is 0. The van der Waals surface area contributed by atoms with E-state index in [2.05, 4.69) is 0 Å². The molecule has 4 heteroatoms. The molecule has 2 aliphatic heterocycles. The maximum atomic E-state index is 12.5. The van der Waals surface area contributed by atoms with E-state index in [9.17, 15) is 4.79 Å². The maximum Gasteiger partial charge on any atom is 0.175 e. The van der Waals surface area contributed by atoms with Crippen LogP contribution in [0.2, 0.25) is 0 Å². The molecule has 108 valence electrons. The van der Waals surface area contributed by atoms with Gasteiger partial charge in [-0.15, -0.1) is 23.2 Å². The Bertz CT molecular complexity index is 406. The van der Waals surface area contributed by atoms with Crippen LogP contribution in [0.4, 0.5) is 0 Å². The Balaban J connectivity index is 2.62. The van der Waals surface area contributed by atoms with Crippen LogP contribution in [0, 0.1) is 10.8 Å². The van der Waals surface area contributed by atoms with Crippen LogP contribution in [0.25, 0.3) is 0 Å². The maximum absolute atomic E-state index is 12.5. The van der Waals surface area contributed by atoms with Crippen molar-refractivity contribution < 1.29 is 9.53 Å². The van der Waals surface area contributed by atoms with Gasteiger partial charge in [-0.25, -0.2) is 0 Å². The van der Waals surface area contributed by atoms with Gasteiger partial charge in [0.2, 0.25) is 0 Å². The molecule has 0 spiro atoms. The number of Topliss-reactive ketones (excluding diaryl/α,β-unsaturated/α-hetero) is 1. The molecule has 2 rings (SSSR count). The molecule has 19 heavy (non-hydrogen) atoms. The molecule has 0 aromatic heterocycles. The number of carbonyl (C=O) groups is 1. The number of rotatable bonds is 0. The first-order chi connectivity index (χ1) is 8.39. The monoisotopic (exact) mass is 304 g/mol. The van der Waals surface area contributed by atoms with E-state index in [1.54, 1.807) is 0 Å². The molecule has 0 N–H and O–H groups in total.